The van der Waals surface area contributed by atoms with Gasteiger partial charge in [-0.05, 0) is 33.4 Å². The zero-order chi connectivity index (χ0) is 34.6. The van der Waals surface area contributed by atoms with Gasteiger partial charge in [0, 0.05) is 36.0 Å². The lowest BCUT2D eigenvalue weighted by Crippen LogP contribution is -2.47. The molecule has 4 N–H and O–H groups in total. The second-order valence-corrected chi connectivity index (χ2v) is 13.1. The quantitative estimate of drug-likeness (QED) is 0.0950. The van der Waals surface area contributed by atoms with E-state index in [-0.39, 0.29) is 37.9 Å². The zero-order valence-electron chi connectivity index (χ0n) is 27.8. The van der Waals surface area contributed by atoms with Crippen LogP contribution in [0.5, 0.6) is 0 Å². The highest BCUT2D eigenvalue weighted by atomic mass is 32.2. The molecule has 4 aromatic rings. The van der Waals surface area contributed by atoms with Crippen LogP contribution in [0, 0.1) is 5.92 Å². The van der Waals surface area contributed by atoms with Crippen molar-refractivity contribution in [2.24, 2.45) is 5.92 Å². The molecule has 0 radical (unpaired) electrons. The molecule has 0 unspecified atom stereocenters. The van der Waals surface area contributed by atoms with Crippen LogP contribution in [0.1, 0.15) is 47.1 Å². The van der Waals surface area contributed by atoms with E-state index in [9.17, 15) is 19.8 Å². The van der Waals surface area contributed by atoms with Gasteiger partial charge in [-0.2, -0.15) is 11.8 Å². The summed E-state index contributed by atoms with van der Waals surface area (Å²) in [5.41, 5.74) is 6.50. The fourth-order valence-corrected chi connectivity index (χ4v) is 6.83. The maximum absolute atomic E-state index is 12.9. The number of carbonyl (C=O) groups is 2. The molecule has 49 heavy (non-hydrogen) atoms. The molecule has 0 aromatic heterocycles. The van der Waals surface area contributed by atoms with Crippen LogP contribution in [0.25, 0.3) is 11.1 Å². The summed E-state index contributed by atoms with van der Waals surface area (Å²) in [5.74, 6) is 0.921. The molecule has 2 amide bonds. The maximum Gasteiger partial charge on any atom is 0.328 e. The molecule has 4 aromatic carbocycles. The number of methoxy groups -OCH3 is 1. The molecule has 0 spiro atoms. The molecule has 5 atom stereocenters. The molecule has 9 nitrogen and oxygen atoms in total. The number of ether oxygens (including phenoxy) is 3. The van der Waals surface area contributed by atoms with Crippen LogP contribution in [-0.2, 0) is 38.6 Å². The highest BCUT2D eigenvalue weighted by Gasteiger charge is 2.38. The lowest BCUT2D eigenvalue weighted by Gasteiger charge is -2.41. The second-order valence-electron chi connectivity index (χ2n) is 12.0. The van der Waals surface area contributed by atoms with E-state index in [1.54, 1.807) is 11.8 Å². The van der Waals surface area contributed by atoms with E-state index in [0.29, 0.717) is 12.2 Å². The van der Waals surface area contributed by atoms with Gasteiger partial charge in [0.25, 0.3) is 0 Å². The van der Waals surface area contributed by atoms with E-state index in [2.05, 4.69) is 17.6 Å². The number of carbonyl (C=O) groups excluding carboxylic acids is 2. The van der Waals surface area contributed by atoms with E-state index < -0.39 is 24.3 Å². The number of hydrogen-bond acceptors (Lipinski definition) is 8. The van der Waals surface area contributed by atoms with Gasteiger partial charge in [-0.1, -0.05) is 110 Å². The van der Waals surface area contributed by atoms with Crippen molar-refractivity contribution in [3.8, 4) is 11.1 Å². The summed E-state index contributed by atoms with van der Waals surface area (Å²) in [6.07, 6.45) is -0.583. The van der Waals surface area contributed by atoms with Crippen LogP contribution in [0.15, 0.2) is 103 Å². The van der Waals surface area contributed by atoms with Gasteiger partial charge >= 0.3 is 12.0 Å². The van der Waals surface area contributed by atoms with Crippen molar-refractivity contribution in [1.82, 2.24) is 10.6 Å². The fourth-order valence-electron chi connectivity index (χ4n) is 5.92. The van der Waals surface area contributed by atoms with E-state index in [0.717, 1.165) is 44.7 Å². The Kier molecular flexibility index (Phi) is 13.3. The first-order valence-corrected chi connectivity index (χ1v) is 17.6. The van der Waals surface area contributed by atoms with E-state index in [1.165, 1.54) is 7.11 Å². The number of amides is 2. The summed E-state index contributed by atoms with van der Waals surface area (Å²) in [4.78, 5) is 25.3. The molecule has 1 saturated heterocycles. The van der Waals surface area contributed by atoms with Crippen molar-refractivity contribution in [3.05, 3.63) is 131 Å². The Bertz CT molecular complexity index is 1640. The first-order chi connectivity index (χ1) is 23.9. The van der Waals surface area contributed by atoms with E-state index in [1.807, 2.05) is 103 Å². The predicted octanol–water partition coefficient (Wildman–Crippen LogP) is 5.95. The summed E-state index contributed by atoms with van der Waals surface area (Å²) >= 11 is 1.66. The van der Waals surface area contributed by atoms with Crippen LogP contribution >= 0.6 is 11.8 Å². The van der Waals surface area contributed by atoms with Gasteiger partial charge in [0.15, 0.2) is 6.29 Å². The zero-order valence-corrected chi connectivity index (χ0v) is 28.6. The second kappa shape index (κ2) is 18.0. The average molecular weight is 685 g/mol. The number of esters is 1. The van der Waals surface area contributed by atoms with Crippen molar-refractivity contribution in [3.63, 3.8) is 0 Å². The van der Waals surface area contributed by atoms with E-state index >= 15 is 0 Å². The van der Waals surface area contributed by atoms with Gasteiger partial charge in [-0.3, -0.25) is 0 Å². The van der Waals surface area contributed by atoms with Gasteiger partial charge in [0.05, 0.1) is 32.5 Å². The van der Waals surface area contributed by atoms with Gasteiger partial charge in [0.2, 0.25) is 0 Å². The average Bonchev–Trinajstić information content (AvgIpc) is 3.15. The number of hydrogen-bond donors (Lipinski definition) is 4. The number of aliphatic hydroxyl groups excluding tert-OH is 2. The normalized spacial score (nSPS) is 19.5. The Balaban J connectivity index is 1.28. The van der Waals surface area contributed by atoms with Gasteiger partial charge in [-0.25, -0.2) is 9.59 Å². The Morgan fingerprint density at radius 2 is 1.55 bits per heavy atom. The number of rotatable bonds is 14. The van der Waals surface area contributed by atoms with Crippen LogP contribution < -0.4 is 10.6 Å². The minimum atomic E-state index is -0.824. The highest BCUT2D eigenvalue weighted by Crippen LogP contribution is 2.42. The van der Waals surface area contributed by atoms with Gasteiger partial charge < -0.3 is 35.1 Å². The van der Waals surface area contributed by atoms with Gasteiger partial charge in [0.1, 0.15) is 6.04 Å². The predicted molar refractivity (Wildman–Crippen MR) is 191 cm³/mol. The van der Waals surface area contributed by atoms with Crippen molar-refractivity contribution < 1.29 is 34.0 Å². The first kappa shape index (κ1) is 36.1. The minimum absolute atomic E-state index is 0.0170. The van der Waals surface area contributed by atoms with Crippen LogP contribution in [-0.4, -0.2) is 59.6 Å². The number of thioether (sulfide) groups is 1. The molecule has 1 aliphatic rings. The Morgan fingerprint density at radius 3 is 2.24 bits per heavy atom. The summed E-state index contributed by atoms with van der Waals surface area (Å²) in [6, 6.07) is 31.9. The molecule has 258 valence electrons. The lowest BCUT2D eigenvalue weighted by molar-refractivity contribution is -0.268. The van der Waals surface area contributed by atoms with Crippen molar-refractivity contribution >= 4 is 23.8 Å². The monoisotopic (exact) mass is 684 g/mol. The number of nitrogens with one attached hydrogen (secondary N) is 2. The number of aliphatic hydroxyl groups is 2. The minimum Gasteiger partial charge on any atom is -0.467 e. The lowest BCUT2D eigenvalue weighted by atomic mass is 9.91. The molecule has 0 aliphatic carbocycles. The SMILES string of the molecule is COC(=O)[C@H](Cc1ccccc1)NC(=O)NCc1ccccc1-c1ccc([C@H]2O[C@@H](CSCCO)[C@@H](C)[C@@H](c3ccc(CO)cc3)O2)cc1. The molecular weight excluding hydrogens is 641 g/mol. The van der Waals surface area contributed by atoms with Gasteiger partial charge in [-0.15, -0.1) is 0 Å². The third-order valence-corrected chi connectivity index (χ3v) is 9.70. The van der Waals surface area contributed by atoms with Crippen LogP contribution in [0.2, 0.25) is 0 Å². The molecule has 0 saturated carbocycles. The molecule has 1 aliphatic heterocycles. The topological polar surface area (TPSA) is 126 Å². The van der Waals surface area contributed by atoms with Crippen LogP contribution in [0.3, 0.4) is 0 Å². The smallest absolute Gasteiger partial charge is 0.328 e. The Hall–Kier alpha value is -4.19. The Labute approximate surface area is 292 Å². The van der Waals surface area contributed by atoms with Crippen molar-refractivity contribution in [2.45, 2.75) is 51.0 Å². The largest absolute Gasteiger partial charge is 0.467 e. The first-order valence-electron chi connectivity index (χ1n) is 16.4. The summed E-state index contributed by atoms with van der Waals surface area (Å²) in [7, 11) is 1.31. The molecular formula is C39H44N2O7S. The summed E-state index contributed by atoms with van der Waals surface area (Å²) < 4.78 is 18.0. The third-order valence-electron chi connectivity index (χ3n) is 8.67. The fraction of sp³-hybridized carbons (Fsp3) is 0.333. The number of urea groups is 1. The molecule has 10 heteroatoms. The van der Waals surface area contributed by atoms with Crippen molar-refractivity contribution in [1.29, 1.82) is 0 Å². The maximum atomic E-state index is 12.9. The molecule has 1 heterocycles. The Morgan fingerprint density at radius 1 is 0.857 bits per heavy atom. The molecule has 5 rings (SSSR count). The van der Waals surface area contributed by atoms with Crippen molar-refractivity contribution in [2.75, 3.05) is 25.2 Å². The van der Waals surface area contributed by atoms with Crippen LogP contribution in [0.4, 0.5) is 4.79 Å². The molecule has 1 fully saturated rings. The standard InChI is InChI=1S/C39H44N2O7S/c1-26-35(25-49-21-20-42)47-38(48-36(26)30-14-12-28(24-43)13-15-30)31-18-16-29(17-19-31)33-11-7-6-10-32(33)23-40-39(45)41-34(37(44)46-2)22-27-8-4-3-5-9-27/h3-19,26,34-36,38,42-43H,20-25H2,1-2H3,(H2,40,41,45)/t26-,34+,35+,36+,38+/m1/s1. The third kappa shape index (κ3) is 9.71. The van der Waals surface area contributed by atoms with E-state index in [4.69, 9.17) is 14.2 Å². The number of benzene rings is 4. The molecule has 0 bridgehead atoms. The highest BCUT2D eigenvalue weighted by molar-refractivity contribution is 7.99. The summed E-state index contributed by atoms with van der Waals surface area (Å²) in [6.45, 7) is 2.47. The summed E-state index contributed by atoms with van der Waals surface area (Å²) in [5, 5.41) is 24.5.